The van der Waals surface area contributed by atoms with E-state index in [2.05, 4.69) is 9.97 Å². The zero-order valence-corrected chi connectivity index (χ0v) is 7.24. The third-order valence-corrected chi connectivity index (χ3v) is 1.92. The smallest absolute Gasteiger partial charge is 0.185 e. The lowest BCUT2D eigenvalue weighted by molar-refractivity contribution is 0.111. The minimum atomic E-state index is -0.00541. The molecule has 14 heavy (non-hydrogen) atoms. The molecule has 0 radical (unpaired) electrons. The number of H-pyrrole nitrogens is 1. The van der Waals surface area contributed by atoms with Crippen molar-refractivity contribution < 1.29 is 4.79 Å². The van der Waals surface area contributed by atoms with Gasteiger partial charge in [-0.3, -0.25) is 10.2 Å². The number of carbonyl (C=O) groups excluding carboxylic acids is 1. The van der Waals surface area contributed by atoms with Crippen LogP contribution in [0.15, 0.2) is 18.2 Å². The Bertz CT molecular complexity index is 515. The molecule has 0 unspecified atom stereocenters. The van der Waals surface area contributed by atoms with Crippen LogP contribution in [0, 0.1) is 5.41 Å². The minimum Gasteiger partial charge on any atom is -0.384 e. The van der Waals surface area contributed by atoms with Crippen LogP contribution >= 0.6 is 0 Å². The third kappa shape index (κ3) is 1.24. The minimum absolute atomic E-state index is 0.00541. The summed E-state index contributed by atoms with van der Waals surface area (Å²) in [5.74, 6) is 0.273. The fourth-order valence-electron chi connectivity index (χ4n) is 1.25. The van der Waals surface area contributed by atoms with Gasteiger partial charge in [0, 0.05) is 5.56 Å². The number of hydrogen-bond acceptors (Lipinski definition) is 3. The summed E-state index contributed by atoms with van der Waals surface area (Å²) in [6, 6.07) is 5.10. The maximum Gasteiger partial charge on any atom is 0.185 e. The molecule has 5 heteroatoms. The fourth-order valence-corrected chi connectivity index (χ4v) is 1.25. The van der Waals surface area contributed by atoms with Gasteiger partial charge in [-0.1, -0.05) is 0 Å². The number of nitrogen functional groups attached to an aromatic ring is 1. The van der Waals surface area contributed by atoms with Crippen LogP contribution in [-0.4, -0.2) is 22.1 Å². The van der Waals surface area contributed by atoms with Gasteiger partial charge in [-0.15, -0.1) is 0 Å². The lowest BCUT2D eigenvalue weighted by atomic mass is 10.2. The van der Waals surface area contributed by atoms with E-state index >= 15 is 0 Å². The molecule has 0 saturated carbocycles. The van der Waals surface area contributed by atoms with Crippen molar-refractivity contribution in [2.45, 2.75) is 0 Å². The first-order chi connectivity index (χ1) is 6.70. The van der Waals surface area contributed by atoms with Crippen LogP contribution < -0.4 is 5.73 Å². The van der Waals surface area contributed by atoms with Crippen LogP contribution in [0.1, 0.15) is 16.2 Å². The summed E-state index contributed by atoms with van der Waals surface area (Å²) in [4.78, 5) is 17.2. The van der Waals surface area contributed by atoms with Crippen molar-refractivity contribution in [3.63, 3.8) is 0 Å². The Morgan fingerprint density at radius 1 is 1.57 bits per heavy atom. The number of aldehydes is 1. The quantitative estimate of drug-likeness (QED) is 0.367. The zero-order chi connectivity index (χ0) is 10.1. The van der Waals surface area contributed by atoms with Crippen LogP contribution in [0.25, 0.3) is 11.0 Å². The maximum atomic E-state index is 10.4. The number of aromatic amines is 1. The van der Waals surface area contributed by atoms with Gasteiger partial charge < -0.3 is 10.7 Å². The summed E-state index contributed by atoms with van der Waals surface area (Å²) in [5, 5.41) is 7.24. The summed E-state index contributed by atoms with van der Waals surface area (Å²) in [6.07, 6.45) is 0.646. The lowest BCUT2D eigenvalue weighted by Gasteiger charge is -1.95. The normalized spacial score (nSPS) is 10.3. The lowest BCUT2D eigenvalue weighted by Crippen LogP contribution is -2.10. The molecule has 0 aliphatic rings. The van der Waals surface area contributed by atoms with Crippen LogP contribution in [0.2, 0.25) is 0 Å². The second kappa shape index (κ2) is 2.95. The van der Waals surface area contributed by atoms with Crippen molar-refractivity contribution in [2.75, 3.05) is 0 Å². The second-order valence-electron chi connectivity index (χ2n) is 2.89. The van der Waals surface area contributed by atoms with E-state index in [-0.39, 0.29) is 11.7 Å². The Balaban J connectivity index is 2.65. The van der Waals surface area contributed by atoms with Gasteiger partial charge in [0.25, 0.3) is 0 Å². The highest BCUT2D eigenvalue weighted by molar-refractivity contribution is 5.98. The maximum absolute atomic E-state index is 10.4. The molecule has 2 aromatic rings. The van der Waals surface area contributed by atoms with Crippen LogP contribution in [0.5, 0.6) is 0 Å². The van der Waals surface area contributed by atoms with E-state index < -0.39 is 0 Å². The number of fused-ring (bicyclic) bond motifs is 1. The summed E-state index contributed by atoms with van der Waals surface area (Å²) in [6.45, 7) is 0. The molecule has 5 nitrogen and oxygen atoms in total. The average molecular weight is 188 g/mol. The van der Waals surface area contributed by atoms with E-state index in [4.69, 9.17) is 11.1 Å². The number of rotatable bonds is 2. The first-order valence-corrected chi connectivity index (χ1v) is 4.00. The number of hydrogen-bond donors (Lipinski definition) is 3. The highest BCUT2D eigenvalue weighted by Gasteiger charge is 2.03. The van der Waals surface area contributed by atoms with Crippen molar-refractivity contribution in [1.29, 1.82) is 5.41 Å². The summed E-state index contributed by atoms with van der Waals surface area (Å²) in [7, 11) is 0. The molecule has 0 atom stereocenters. The monoisotopic (exact) mass is 188 g/mol. The molecule has 0 amide bonds. The third-order valence-electron chi connectivity index (χ3n) is 1.92. The number of nitrogens with one attached hydrogen (secondary N) is 2. The average Bonchev–Trinajstić information content (AvgIpc) is 2.58. The first kappa shape index (κ1) is 8.43. The summed E-state index contributed by atoms with van der Waals surface area (Å²) >= 11 is 0. The molecule has 70 valence electrons. The van der Waals surface area contributed by atoms with Crippen LogP contribution in [0.4, 0.5) is 0 Å². The number of nitrogens with two attached hydrogens (primary N) is 1. The van der Waals surface area contributed by atoms with E-state index in [0.717, 1.165) is 0 Å². The SMILES string of the molecule is N=C(N)c1ccc2nc(C=O)[nH]c2c1. The molecule has 2 rings (SSSR count). The van der Waals surface area contributed by atoms with Gasteiger partial charge in [0.15, 0.2) is 12.1 Å². The van der Waals surface area contributed by atoms with E-state index in [1.54, 1.807) is 18.2 Å². The molecule has 0 aliphatic carbocycles. The van der Waals surface area contributed by atoms with E-state index in [9.17, 15) is 4.79 Å². The largest absolute Gasteiger partial charge is 0.384 e. The second-order valence-corrected chi connectivity index (χ2v) is 2.89. The predicted octanol–water partition coefficient (Wildman–Crippen LogP) is 0.659. The number of aromatic nitrogens is 2. The van der Waals surface area contributed by atoms with E-state index in [1.807, 2.05) is 0 Å². The fraction of sp³-hybridized carbons (Fsp3) is 0. The number of benzene rings is 1. The topological polar surface area (TPSA) is 95.6 Å². The number of imidazole rings is 1. The molecule has 0 fully saturated rings. The van der Waals surface area contributed by atoms with Gasteiger partial charge in [0.05, 0.1) is 11.0 Å². The summed E-state index contributed by atoms with van der Waals surface area (Å²) < 4.78 is 0. The Morgan fingerprint density at radius 2 is 2.36 bits per heavy atom. The molecule has 0 saturated heterocycles. The molecule has 0 spiro atoms. The Hall–Kier alpha value is -2.17. The molecule has 1 aromatic carbocycles. The first-order valence-electron chi connectivity index (χ1n) is 4.00. The highest BCUT2D eigenvalue weighted by Crippen LogP contribution is 2.12. The molecule has 0 bridgehead atoms. The van der Waals surface area contributed by atoms with Crippen molar-refractivity contribution in [2.24, 2.45) is 5.73 Å². The van der Waals surface area contributed by atoms with Gasteiger partial charge in [-0.25, -0.2) is 4.98 Å². The van der Waals surface area contributed by atoms with Crippen molar-refractivity contribution >= 4 is 23.2 Å². The highest BCUT2D eigenvalue weighted by atomic mass is 16.1. The number of amidine groups is 1. The van der Waals surface area contributed by atoms with Gasteiger partial charge in [0.2, 0.25) is 0 Å². The Labute approximate surface area is 79.5 Å². The molecular formula is C9H8N4O. The van der Waals surface area contributed by atoms with Gasteiger partial charge in [-0.05, 0) is 18.2 Å². The molecular weight excluding hydrogens is 180 g/mol. The predicted molar refractivity (Wildman–Crippen MR) is 52.5 cm³/mol. The number of carbonyl (C=O) groups is 1. The van der Waals surface area contributed by atoms with Crippen molar-refractivity contribution in [3.8, 4) is 0 Å². The summed E-state index contributed by atoms with van der Waals surface area (Å²) in [5.41, 5.74) is 7.33. The van der Waals surface area contributed by atoms with Crippen molar-refractivity contribution in [1.82, 2.24) is 9.97 Å². The van der Waals surface area contributed by atoms with Crippen LogP contribution in [0.3, 0.4) is 0 Å². The van der Waals surface area contributed by atoms with Gasteiger partial charge >= 0.3 is 0 Å². The molecule has 0 aliphatic heterocycles. The Morgan fingerprint density at radius 3 is 3.00 bits per heavy atom. The molecule has 1 heterocycles. The zero-order valence-electron chi connectivity index (χ0n) is 7.24. The Kier molecular flexibility index (Phi) is 1.78. The van der Waals surface area contributed by atoms with Gasteiger partial charge in [-0.2, -0.15) is 0 Å². The molecule has 1 aromatic heterocycles. The van der Waals surface area contributed by atoms with Gasteiger partial charge in [0.1, 0.15) is 5.84 Å². The molecule has 4 N–H and O–H groups in total. The van der Waals surface area contributed by atoms with Crippen LogP contribution in [-0.2, 0) is 0 Å². The van der Waals surface area contributed by atoms with Crippen molar-refractivity contribution in [3.05, 3.63) is 29.6 Å². The standard InChI is InChI=1S/C9H8N4O/c10-9(11)5-1-2-6-7(3-5)13-8(4-14)12-6/h1-4H,(H3,10,11)(H,12,13). The number of nitrogens with zero attached hydrogens (tertiary/aromatic N) is 1. The van der Waals surface area contributed by atoms with E-state index in [1.165, 1.54) is 0 Å². The van der Waals surface area contributed by atoms with E-state index in [0.29, 0.717) is 22.9 Å².